The molecule has 60 valence electrons. The van der Waals surface area contributed by atoms with Crippen LogP contribution in [-0.4, -0.2) is 44.6 Å². The van der Waals surface area contributed by atoms with Crippen molar-refractivity contribution in [1.29, 1.82) is 0 Å². The van der Waals surface area contributed by atoms with Gasteiger partial charge in [-0.05, 0) is 13.1 Å². The maximum absolute atomic E-state index is 9.00. The Balaban J connectivity index is 0. The average molecular weight is 161 g/mol. The third-order valence-electron chi connectivity index (χ3n) is 1.08. The molecule has 0 aromatic heterocycles. The molecule has 0 amide bonds. The average Bonchev–Trinajstić information content (AvgIpc) is 1.85. The molecule has 0 fully saturated rings. The molecule has 10 heavy (non-hydrogen) atoms. The molecule has 0 rings (SSSR count). The van der Waals surface area contributed by atoms with Crippen molar-refractivity contribution in [3.8, 4) is 0 Å². The van der Waals surface area contributed by atoms with Gasteiger partial charge in [0.1, 0.15) is 0 Å². The first-order valence-electron chi connectivity index (χ1n) is 3.42. The van der Waals surface area contributed by atoms with Crippen molar-refractivity contribution in [3.63, 3.8) is 0 Å². The van der Waals surface area contributed by atoms with E-state index in [1.165, 1.54) is 29.6 Å². The normalized spacial score (nSPS) is 8.40. The molecule has 0 spiro atoms. The molecule has 0 radical (unpaired) electrons. The fraction of sp³-hybridized carbons (Fsp3) is 0.833. The molecular formula is C6H16AlNO2. The van der Waals surface area contributed by atoms with Gasteiger partial charge in [-0.2, -0.15) is 0 Å². The van der Waals surface area contributed by atoms with Crippen LogP contribution in [0.4, 0.5) is 0 Å². The third kappa shape index (κ3) is 24.6. The van der Waals surface area contributed by atoms with E-state index in [0.717, 1.165) is 6.92 Å². The Morgan fingerprint density at radius 3 is 1.70 bits per heavy atom. The maximum Gasteiger partial charge on any atom is 0.321 e. The molecule has 1 N–H and O–H groups in total. The molecule has 0 bridgehead atoms. The van der Waals surface area contributed by atoms with Crippen LogP contribution in [0.15, 0.2) is 0 Å². The van der Waals surface area contributed by atoms with Gasteiger partial charge < -0.3 is 8.99 Å². The van der Waals surface area contributed by atoms with Gasteiger partial charge in [0.15, 0.2) is 0 Å². The van der Waals surface area contributed by atoms with Gasteiger partial charge in [0, 0.05) is 6.92 Å². The van der Waals surface area contributed by atoms with Crippen LogP contribution in [0.1, 0.15) is 20.8 Å². The maximum atomic E-state index is 9.00. The molecule has 0 aromatic carbocycles. The topological polar surface area (TPSA) is 40.5 Å². The number of aliphatic carboxylic acids is 1. The molecule has 0 atom stereocenters. The quantitative estimate of drug-likeness (QED) is 0.578. The van der Waals surface area contributed by atoms with Crippen molar-refractivity contribution >= 4 is 22.5 Å². The lowest BCUT2D eigenvalue weighted by molar-refractivity contribution is -0.134. The van der Waals surface area contributed by atoms with Crippen LogP contribution in [0.5, 0.6) is 0 Å². The molecule has 0 aliphatic carbocycles. The zero-order chi connectivity index (χ0) is 8.57. The van der Waals surface area contributed by atoms with Crippen LogP contribution < -0.4 is 0 Å². The molecule has 0 aliphatic rings. The lowest BCUT2D eigenvalue weighted by atomic mass is 10.7. The molecule has 0 saturated heterocycles. The van der Waals surface area contributed by atoms with Gasteiger partial charge in [-0.25, -0.2) is 0 Å². The van der Waals surface area contributed by atoms with E-state index in [9.17, 15) is 0 Å². The SMILES string of the molecule is CC(=O)O.CC[N]([AlH2])CC. The smallest absolute Gasteiger partial charge is 0.321 e. The zero-order valence-corrected chi connectivity index (χ0v) is 9.22. The van der Waals surface area contributed by atoms with Crippen LogP contribution in [0.25, 0.3) is 0 Å². The molecule has 0 aromatic rings. The lowest BCUT2D eigenvalue weighted by Crippen LogP contribution is -2.17. The van der Waals surface area contributed by atoms with Gasteiger partial charge >= 0.3 is 16.5 Å². The molecule has 0 saturated carbocycles. The number of carboxylic acid groups (broad SMARTS) is 1. The summed E-state index contributed by atoms with van der Waals surface area (Å²) in [7, 11) is 0. The van der Waals surface area contributed by atoms with E-state index in [0.29, 0.717) is 0 Å². The van der Waals surface area contributed by atoms with Crippen LogP contribution >= 0.6 is 0 Å². The molecule has 0 heterocycles. The number of carbonyl (C=O) groups is 1. The second kappa shape index (κ2) is 8.96. The third-order valence-corrected chi connectivity index (χ3v) is 2.34. The van der Waals surface area contributed by atoms with E-state index in [-0.39, 0.29) is 0 Å². The summed E-state index contributed by atoms with van der Waals surface area (Å²) in [6, 6.07) is 0. The summed E-state index contributed by atoms with van der Waals surface area (Å²) in [6.07, 6.45) is 0. The number of carboxylic acids is 1. The van der Waals surface area contributed by atoms with E-state index < -0.39 is 5.97 Å². The highest BCUT2D eigenvalue weighted by molar-refractivity contribution is 6.04. The summed E-state index contributed by atoms with van der Waals surface area (Å²) in [4.78, 5) is 9.00. The summed E-state index contributed by atoms with van der Waals surface area (Å²) in [6.45, 7) is 7.92. The Bertz CT molecular complexity index is 79.8. The highest BCUT2D eigenvalue weighted by Crippen LogP contribution is 1.72. The number of nitrogens with zero attached hydrogens (tertiary/aromatic N) is 1. The summed E-state index contributed by atoms with van der Waals surface area (Å²) in [5.41, 5.74) is 0. The first kappa shape index (κ1) is 12.6. The minimum atomic E-state index is -0.833. The number of hydrogen-bond acceptors (Lipinski definition) is 2. The standard InChI is InChI=1S/C4H10N.C2H4O2.Al.2H/c1-3-5-4-2;1-2(3)4;;;/h3-4H2,1-2H3;1H3,(H,3,4);;;/q-1;;+1;;. The fourth-order valence-corrected chi connectivity index (χ4v) is 0.224. The van der Waals surface area contributed by atoms with Gasteiger partial charge in [-0.1, -0.05) is 13.8 Å². The number of hydrogen-bond donors (Lipinski definition) is 1. The molecule has 3 nitrogen and oxygen atoms in total. The highest BCUT2D eigenvalue weighted by Gasteiger charge is 1.82. The largest absolute Gasteiger partial charge is 0.481 e. The predicted molar refractivity (Wildman–Crippen MR) is 44.8 cm³/mol. The van der Waals surface area contributed by atoms with Crippen LogP contribution in [0, 0.1) is 0 Å². The minimum Gasteiger partial charge on any atom is -0.481 e. The molecule has 0 aliphatic heterocycles. The minimum absolute atomic E-state index is 0.833. The summed E-state index contributed by atoms with van der Waals surface area (Å²) in [5.74, 6) is -0.833. The van der Waals surface area contributed by atoms with E-state index in [1.807, 2.05) is 0 Å². The summed E-state index contributed by atoms with van der Waals surface area (Å²) >= 11 is 1.22. The molecule has 0 unspecified atom stereocenters. The highest BCUT2D eigenvalue weighted by atomic mass is 27.1. The summed E-state index contributed by atoms with van der Waals surface area (Å²) in [5, 5.41) is 7.42. The first-order chi connectivity index (χ1) is 4.54. The van der Waals surface area contributed by atoms with E-state index >= 15 is 0 Å². The van der Waals surface area contributed by atoms with Gasteiger partial charge in [0.25, 0.3) is 5.97 Å². The van der Waals surface area contributed by atoms with Crippen molar-refractivity contribution in [2.24, 2.45) is 0 Å². The van der Waals surface area contributed by atoms with Gasteiger partial charge in [-0.15, -0.1) is 0 Å². The van der Waals surface area contributed by atoms with E-state index in [4.69, 9.17) is 9.90 Å². The molecule has 4 heteroatoms. The van der Waals surface area contributed by atoms with Crippen molar-refractivity contribution in [2.45, 2.75) is 20.8 Å². The Morgan fingerprint density at radius 2 is 1.70 bits per heavy atom. The van der Waals surface area contributed by atoms with Crippen LogP contribution in [-0.2, 0) is 4.79 Å². The summed E-state index contributed by atoms with van der Waals surface area (Å²) < 4.78 is 2.39. The zero-order valence-electron chi connectivity index (χ0n) is 7.22. The second-order valence-corrected chi connectivity index (χ2v) is 3.27. The second-order valence-electron chi connectivity index (χ2n) is 2.01. The monoisotopic (exact) mass is 161 g/mol. The first-order valence-corrected chi connectivity index (χ1v) is 4.32. The van der Waals surface area contributed by atoms with E-state index in [2.05, 4.69) is 17.7 Å². The van der Waals surface area contributed by atoms with Crippen molar-refractivity contribution in [2.75, 3.05) is 13.1 Å². The van der Waals surface area contributed by atoms with Gasteiger partial charge in [0.2, 0.25) is 0 Å². The predicted octanol–water partition coefficient (Wildman–Crippen LogP) is -0.0328. The Kier molecular flexibility index (Phi) is 11.3. The number of rotatable bonds is 2. The fourth-order valence-electron chi connectivity index (χ4n) is 0.224. The Morgan fingerprint density at radius 1 is 1.50 bits per heavy atom. The van der Waals surface area contributed by atoms with Crippen molar-refractivity contribution < 1.29 is 9.90 Å². The Hall–Kier alpha value is -0.0375. The van der Waals surface area contributed by atoms with Crippen LogP contribution in [0.3, 0.4) is 0 Å². The van der Waals surface area contributed by atoms with E-state index in [1.54, 1.807) is 0 Å². The van der Waals surface area contributed by atoms with Crippen LogP contribution in [0.2, 0.25) is 0 Å². The Labute approximate surface area is 70.7 Å². The van der Waals surface area contributed by atoms with Crippen molar-refractivity contribution in [3.05, 3.63) is 0 Å². The van der Waals surface area contributed by atoms with Gasteiger partial charge in [-0.3, -0.25) is 4.79 Å². The van der Waals surface area contributed by atoms with Crippen molar-refractivity contribution in [1.82, 2.24) is 3.88 Å². The lowest BCUT2D eigenvalue weighted by Gasteiger charge is -2.08. The molecular weight excluding hydrogens is 145 g/mol. The van der Waals surface area contributed by atoms with Gasteiger partial charge in [0.05, 0.1) is 0 Å².